The number of ether oxygens (including phenoxy) is 1. The molecule has 13 heteroatoms. The van der Waals surface area contributed by atoms with Crippen molar-refractivity contribution in [2.24, 2.45) is 0 Å². The van der Waals surface area contributed by atoms with Crippen molar-refractivity contribution in [2.45, 2.75) is 19.6 Å². The molecule has 0 atom stereocenters. The second kappa shape index (κ2) is 7.92. The van der Waals surface area contributed by atoms with Crippen LogP contribution in [0, 0.1) is 0 Å². The van der Waals surface area contributed by atoms with E-state index in [-0.39, 0.29) is 12.4 Å². The third kappa shape index (κ3) is 5.65. The van der Waals surface area contributed by atoms with Gasteiger partial charge in [-0.05, 0) is 22.0 Å². The van der Waals surface area contributed by atoms with Crippen LogP contribution in [0.3, 0.4) is 0 Å². The zero-order valence-corrected chi connectivity index (χ0v) is 15.2. The van der Waals surface area contributed by atoms with Crippen LogP contribution in [-0.4, -0.2) is 48.0 Å². The smallest absolute Gasteiger partial charge is 0.350 e. The second-order valence-corrected chi connectivity index (χ2v) is 6.31. The van der Waals surface area contributed by atoms with Gasteiger partial charge in [-0.15, -0.1) is 0 Å². The average Bonchev–Trinajstić information content (AvgIpc) is 3.29. The Bertz CT molecular complexity index is 918. The quantitative estimate of drug-likeness (QED) is 0.599. The van der Waals surface area contributed by atoms with Crippen LogP contribution in [0.5, 0.6) is 0 Å². The molecule has 0 saturated heterocycles. The Morgan fingerprint density at radius 2 is 1.96 bits per heavy atom. The van der Waals surface area contributed by atoms with Gasteiger partial charge in [0.2, 0.25) is 0 Å². The van der Waals surface area contributed by atoms with Crippen molar-refractivity contribution in [3.63, 3.8) is 0 Å². The summed E-state index contributed by atoms with van der Waals surface area (Å²) in [6.45, 7) is -1.43. The molecule has 3 aromatic heterocycles. The Balaban J connectivity index is 1.53. The summed E-state index contributed by atoms with van der Waals surface area (Å²) in [7, 11) is 0. The number of carbonyl (C=O) groups excluding carboxylic acids is 1. The molecule has 3 aromatic rings. The number of aromatic nitrogens is 6. The topological polar surface area (TPSA) is 91.8 Å². The molecule has 0 saturated carbocycles. The molecule has 0 fully saturated rings. The van der Waals surface area contributed by atoms with Crippen LogP contribution in [0.2, 0.25) is 0 Å². The molecule has 144 valence electrons. The third-order valence-corrected chi connectivity index (χ3v) is 3.55. The Labute approximate surface area is 158 Å². The lowest BCUT2D eigenvalue weighted by Crippen LogP contribution is -2.18. The molecule has 0 bridgehead atoms. The predicted molar refractivity (Wildman–Crippen MR) is 89.7 cm³/mol. The Morgan fingerprint density at radius 1 is 1.19 bits per heavy atom. The first-order valence-corrected chi connectivity index (χ1v) is 8.27. The first-order valence-electron chi connectivity index (χ1n) is 7.48. The summed E-state index contributed by atoms with van der Waals surface area (Å²) in [5.41, 5.74) is 0.475. The van der Waals surface area contributed by atoms with Gasteiger partial charge in [-0.25, -0.2) is 9.36 Å². The minimum absolute atomic E-state index is 0.169. The van der Waals surface area contributed by atoms with Crippen molar-refractivity contribution in [1.29, 1.82) is 0 Å². The van der Waals surface area contributed by atoms with Crippen LogP contribution in [0.1, 0.15) is 10.5 Å². The maximum atomic E-state index is 12.2. The van der Waals surface area contributed by atoms with Crippen LogP contribution in [-0.2, 0) is 18.1 Å². The van der Waals surface area contributed by atoms with Crippen molar-refractivity contribution < 1.29 is 22.7 Å². The number of nitrogens with zero attached hydrogens (tertiary/aromatic N) is 6. The Morgan fingerprint density at radius 3 is 2.67 bits per heavy atom. The fourth-order valence-corrected chi connectivity index (χ4v) is 2.40. The lowest BCUT2D eigenvalue weighted by molar-refractivity contribution is -0.182. The fraction of sp³-hybridized carbons (Fsp3) is 0.286. The number of amides is 1. The van der Waals surface area contributed by atoms with Gasteiger partial charge >= 0.3 is 6.18 Å². The molecule has 3 rings (SSSR count). The van der Waals surface area contributed by atoms with Crippen molar-refractivity contribution >= 4 is 27.5 Å². The minimum atomic E-state index is -4.41. The first-order chi connectivity index (χ1) is 12.8. The number of rotatable bonds is 7. The number of alkyl halides is 3. The molecule has 0 unspecified atom stereocenters. The summed E-state index contributed by atoms with van der Waals surface area (Å²) < 4.78 is 45.7. The van der Waals surface area contributed by atoms with E-state index in [1.165, 1.54) is 23.1 Å². The normalized spacial score (nSPS) is 11.7. The lowest BCUT2D eigenvalue weighted by Gasteiger charge is -2.07. The van der Waals surface area contributed by atoms with Gasteiger partial charge in [0.15, 0.2) is 5.69 Å². The molecule has 27 heavy (non-hydrogen) atoms. The highest BCUT2D eigenvalue weighted by atomic mass is 79.9. The van der Waals surface area contributed by atoms with Gasteiger partial charge in [0.05, 0.1) is 28.8 Å². The SMILES string of the molecule is O=C(Nc1cnn(COCC(F)(F)F)c1)c1ccn(Cn2cc(Br)cn2)n1. The van der Waals surface area contributed by atoms with Gasteiger partial charge in [-0.3, -0.25) is 9.48 Å². The summed E-state index contributed by atoms with van der Waals surface area (Å²) in [5, 5.41) is 14.6. The number of nitrogens with one attached hydrogen (secondary N) is 1. The van der Waals surface area contributed by atoms with Gasteiger partial charge in [-0.2, -0.15) is 28.5 Å². The molecule has 0 aromatic carbocycles. The van der Waals surface area contributed by atoms with E-state index in [9.17, 15) is 18.0 Å². The van der Waals surface area contributed by atoms with E-state index in [2.05, 4.69) is 41.3 Å². The fourth-order valence-electron chi connectivity index (χ4n) is 2.07. The van der Waals surface area contributed by atoms with E-state index >= 15 is 0 Å². The molecule has 1 N–H and O–H groups in total. The van der Waals surface area contributed by atoms with Crippen LogP contribution < -0.4 is 5.32 Å². The number of hydrogen-bond acceptors (Lipinski definition) is 5. The monoisotopic (exact) mass is 447 g/mol. The Kier molecular flexibility index (Phi) is 5.60. The summed E-state index contributed by atoms with van der Waals surface area (Å²) in [4.78, 5) is 12.2. The third-order valence-electron chi connectivity index (χ3n) is 3.15. The molecule has 0 radical (unpaired) electrons. The van der Waals surface area contributed by atoms with Gasteiger partial charge in [0.1, 0.15) is 20.0 Å². The summed E-state index contributed by atoms with van der Waals surface area (Å²) in [6, 6.07) is 1.53. The number of anilines is 1. The van der Waals surface area contributed by atoms with E-state index in [4.69, 9.17) is 0 Å². The van der Waals surface area contributed by atoms with Gasteiger partial charge in [0, 0.05) is 12.4 Å². The van der Waals surface area contributed by atoms with Gasteiger partial charge < -0.3 is 10.1 Å². The van der Waals surface area contributed by atoms with Gasteiger partial charge in [-0.1, -0.05) is 0 Å². The van der Waals surface area contributed by atoms with E-state index in [0.29, 0.717) is 12.4 Å². The van der Waals surface area contributed by atoms with Crippen LogP contribution in [0.25, 0.3) is 0 Å². The van der Waals surface area contributed by atoms with Crippen molar-refractivity contribution in [2.75, 3.05) is 11.9 Å². The van der Waals surface area contributed by atoms with Crippen LogP contribution in [0.15, 0.2) is 41.5 Å². The standard InChI is InChI=1S/C14H13BrF3N7O2/c15-10-3-19-24(5-10)8-23-2-1-12(22-23)13(26)21-11-4-20-25(6-11)9-27-7-14(16,17)18/h1-6H,7-9H2,(H,21,26). The summed E-state index contributed by atoms with van der Waals surface area (Å²) >= 11 is 3.29. The highest BCUT2D eigenvalue weighted by Gasteiger charge is 2.27. The molecule has 9 nitrogen and oxygen atoms in total. The molecular weight excluding hydrogens is 435 g/mol. The lowest BCUT2D eigenvalue weighted by atomic mass is 10.4. The number of halogens is 4. The molecule has 1 amide bonds. The molecule has 0 spiro atoms. The maximum absolute atomic E-state index is 12.2. The number of carbonyl (C=O) groups is 1. The zero-order chi connectivity index (χ0) is 19.4. The van der Waals surface area contributed by atoms with Crippen molar-refractivity contribution in [3.05, 3.63) is 47.2 Å². The first kappa shape index (κ1) is 19.1. The van der Waals surface area contributed by atoms with E-state index in [0.717, 1.165) is 9.15 Å². The molecule has 0 aliphatic rings. The molecule has 0 aliphatic heterocycles. The second-order valence-electron chi connectivity index (χ2n) is 5.40. The zero-order valence-electron chi connectivity index (χ0n) is 13.6. The highest BCUT2D eigenvalue weighted by molar-refractivity contribution is 9.10. The Hall–Kier alpha value is -2.67. The maximum Gasteiger partial charge on any atom is 0.411 e. The highest BCUT2D eigenvalue weighted by Crippen LogP contribution is 2.15. The summed E-state index contributed by atoms with van der Waals surface area (Å²) in [6.07, 6.45) is 3.26. The van der Waals surface area contributed by atoms with E-state index in [1.54, 1.807) is 23.3 Å². The van der Waals surface area contributed by atoms with E-state index in [1.807, 2.05) is 0 Å². The largest absolute Gasteiger partial charge is 0.411 e. The van der Waals surface area contributed by atoms with Crippen LogP contribution >= 0.6 is 15.9 Å². The van der Waals surface area contributed by atoms with Crippen molar-refractivity contribution in [3.8, 4) is 0 Å². The predicted octanol–water partition coefficient (Wildman–Crippen LogP) is 2.33. The van der Waals surface area contributed by atoms with Crippen LogP contribution in [0.4, 0.5) is 18.9 Å². The van der Waals surface area contributed by atoms with E-state index < -0.39 is 18.7 Å². The molecule has 3 heterocycles. The molecule has 0 aliphatic carbocycles. The average molecular weight is 448 g/mol. The van der Waals surface area contributed by atoms with Gasteiger partial charge in [0.25, 0.3) is 5.91 Å². The minimum Gasteiger partial charge on any atom is -0.350 e. The summed E-state index contributed by atoms with van der Waals surface area (Å²) in [5.74, 6) is -0.480. The number of hydrogen-bond donors (Lipinski definition) is 1. The molecular formula is C14H13BrF3N7O2. The van der Waals surface area contributed by atoms with Crippen molar-refractivity contribution in [1.82, 2.24) is 29.3 Å².